The molecule has 0 atom stereocenters. The van der Waals surface area contributed by atoms with Gasteiger partial charge in [0.05, 0.1) is 4.92 Å². The molecule has 6 heteroatoms. The molecule has 1 aromatic rings. The van der Waals surface area contributed by atoms with Crippen LogP contribution in [0.3, 0.4) is 0 Å². The van der Waals surface area contributed by atoms with Gasteiger partial charge in [0.2, 0.25) is 0 Å². The fraction of sp³-hybridized carbons (Fsp3) is 0.300. The highest BCUT2D eigenvalue weighted by Gasteiger charge is 2.11. The van der Waals surface area contributed by atoms with E-state index in [0.717, 1.165) is 0 Å². The van der Waals surface area contributed by atoms with E-state index in [4.69, 9.17) is 0 Å². The molecule has 86 valence electrons. The second-order valence-corrected chi connectivity index (χ2v) is 3.17. The molecule has 6 nitrogen and oxygen atoms in total. The van der Waals surface area contributed by atoms with Gasteiger partial charge in [-0.15, -0.1) is 0 Å². The van der Waals surface area contributed by atoms with E-state index in [-0.39, 0.29) is 11.7 Å². The third kappa shape index (κ3) is 2.69. The molecule has 0 spiro atoms. The molecule has 2 amide bonds. The lowest BCUT2D eigenvalue weighted by molar-refractivity contribution is -0.384. The second kappa shape index (κ2) is 5.11. The van der Waals surface area contributed by atoms with Crippen LogP contribution in [0.2, 0.25) is 0 Å². The van der Waals surface area contributed by atoms with E-state index in [1.807, 2.05) is 6.92 Å². The number of non-ortho nitro benzene ring substituents is 1. The number of amides is 2. The summed E-state index contributed by atoms with van der Waals surface area (Å²) in [6.45, 7) is 2.36. The Hall–Kier alpha value is -2.11. The number of carbonyl (C=O) groups is 1. The molecular formula is C10H13N3O3. The van der Waals surface area contributed by atoms with E-state index in [0.29, 0.717) is 12.2 Å². The minimum absolute atomic E-state index is 0.00745. The lowest BCUT2D eigenvalue weighted by atomic mass is 10.3. The second-order valence-electron chi connectivity index (χ2n) is 3.17. The molecule has 1 N–H and O–H groups in total. The van der Waals surface area contributed by atoms with Crippen molar-refractivity contribution in [3.63, 3.8) is 0 Å². The van der Waals surface area contributed by atoms with Gasteiger partial charge in [0.1, 0.15) is 0 Å². The number of nitrogens with one attached hydrogen (secondary N) is 1. The van der Waals surface area contributed by atoms with Gasteiger partial charge in [-0.2, -0.15) is 0 Å². The topological polar surface area (TPSA) is 75.5 Å². The maximum atomic E-state index is 11.4. The summed E-state index contributed by atoms with van der Waals surface area (Å²) in [5.41, 5.74) is 0.615. The maximum Gasteiger partial charge on any atom is 0.321 e. The van der Waals surface area contributed by atoms with Crippen molar-refractivity contribution in [1.29, 1.82) is 0 Å². The van der Waals surface area contributed by atoms with Crippen molar-refractivity contribution >= 4 is 17.4 Å². The average molecular weight is 223 g/mol. The van der Waals surface area contributed by atoms with Crippen molar-refractivity contribution in [3.05, 3.63) is 34.4 Å². The summed E-state index contributed by atoms with van der Waals surface area (Å²) in [5.74, 6) is 0. The zero-order chi connectivity index (χ0) is 12.1. The van der Waals surface area contributed by atoms with E-state index in [9.17, 15) is 14.9 Å². The molecule has 0 saturated heterocycles. The summed E-state index contributed by atoms with van der Waals surface area (Å²) in [7, 11) is 1.60. The van der Waals surface area contributed by atoms with E-state index >= 15 is 0 Å². The van der Waals surface area contributed by atoms with Gasteiger partial charge in [-0.1, -0.05) is 0 Å². The lowest BCUT2D eigenvalue weighted by Gasteiger charge is -2.17. The highest BCUT2D eigenvalue weighted by atomic mass is 16.6. The molecule has 0 bridgehead atoms. The molecule has 0 aromatic heterocycles. The van der Waals surface area contributed by atoms with Gasteiger partial charge < -0.3 is 5.32 Å². The normalized spacial score (nSPS) is 9.62. The number of urea groups is 1. The van der Waals surface area contributed by atoms with Crippen molar-refractivity contribution in [2.45, 2.75) is 6.92 Å². The minimum Gasteiger partial charge on any atom is -0.338 e. The first-order valence-corrected chi connectivity index (χ1v) is 4.82. The Bertz CT molecular complexity index is 389. The molecule has 0 aliphatic heterocycles. The van der Waals surface area contributed by atoms with E-state index in [1.54, 1.807) is 7.05 Å². The van der Waals surface area contributed by atoms with Crippen LogP contribution in [0.15, 0.2) is 24.3 Å². The average Bonchev–Trinajstić information content (AvgIpc) is 2.28. The summed E-state index contributed by atoms with van der Waals surface area (Å²) in [4.78, 5) is 22.8. The zero-order valence-electron chi connectivity index (χ0n) is 9.14. The van der Waals surface area contributed by atoms with Crippen LogP contribution in [0.4, 0.5) is 16.2 Å². The van der Waals surface area contributed by atoms with Gasteiger partial charge in [0.25, 0.3) is 5.69 Å². The maximum absolute atomic E-state index is 11.4. The van der Waals surface area contributed by atoms with Gasteiger partial charge in [0.15, 0.2) is 0 Å². The predicted octanol–water partition coefficient (Wildman–Crippen LogP) is 1.76. The summed E-state index contributed by atoms with van der Waals surface area (Å²) >= 11 is 0. The number of benzene rings is 1. The number of nitro groups is 1. The Kier molecular flexibility index (Phi) is 3.82. The summed E-state index contributed by atoms with van der Waals surface area (Å²) < 4.78 is 0. The lowest BCUT2D eigenvalue weighted by Crippen LogP contribution is -2.36. The molecule has 0 aliphatic carbocycles. The zero-order valence-corrected chi connectivity index (χ0v) is 9.14. The highest BCUT2D eigenvalue weighted by molar-refractivity contribution is 5.91. The van der Waals surface area contributed by atoms with Crippen molar-refractivity contribution in [2.75, 3.05) is 18.5 Å². The number of nitrogens with zero attached hydrogens (tertiary/aromatic N) is 2. The van der Waals surface area contributed by atoms with Crippen molar-refractivity contribution in [2.24, 2.45) is 0 Å². The number of rotatable bonds is 3. The molecule has 1 aromatic carbocycles. The third-order valence-electron chi connectivity index (χ3n) is 2.08. The Morgan fingerprint density at radius 3 is 2.44 bits per heavy atom. The molecule has 0 unspecified atom stereocenters. The molecule has 0 saturated carbocycles. The van der Waals surface area contributed by atoms with Crippen LogP contribution < -0.4 is 10.2 Å². The summed E-state index contributed by atoms with van der Waals surface area (Å²) in [6.07, 6.45) is 0. The molecule has 16 heavy (non-hydrogen) atoms. The van der Waals surface area contributed by atoms with Crippen LogP contribution in [0.5, 0.6) is 0 Å². The molecule has 0 fully saturated rings. The number of nitro benzene ring substituents is 1. The highest BCUT2D eigenvalue weighted by Crippen LogP contribution is 2.18. The Morgan fingerprint density at radius 1 is 1.44 bits per heavy atom. The predicted molar refractivity (Wildman–Crippen MR) is 60.6 cm³/mol. The monoisotopic (exact) mass is 223 g/mol. The van der Waals surface area contributed by atoms with Crippen molar-refractivity contribution in [1.82, 2.24) is 5.32 Å². The van der Waals surface area contributed by atoms with E-state index < -0.39 is 4.92 Å². The van der Waals surface area contributed by atoms with Gasteiger partial charge in [-0.05, 0) is 19.1 Å². The SMILES string of the molecule is CCNC(=O)N(C)c1ccc([N+](=O)[O-])cc1. The van der Waals surface area contributed by atoms with Gasteiger partial charge in [-0.3, -0.25) is 15.0 Å². The van der Waals surface area contributed by atoms with Crippen molar-refractivity contribution in [3.8, 4) is 0 Å². The number of hydrogen-bond acceptors (Lipinski definition) is 3. The van der Waals surface area contributed by atoms with Crippen LogP contribution in [-0.2, 0) is 0 Å². The quantitative estimate of drug-likeness (QED) is 0.626. The standard InChI is InChI=1S/C10H13N3O3/c1-3-11-10(14)12(2)8-4-6-9(7-5-8)13(15)16/h4-7H,3H2,1-2H3,(H,11,14). The number of hydrogen-bond donors (Lipinski definition) is 1. The van der Waals surface area contributed by atoms with Crippen molar-refractivity contribution < 1.29 is 9.72 Å². The fourth-order valence-electron chi connectivity index (χ4n) is 1.19. The fourth-order valence-corrected chi connectivity index (χ4v) is 1.19. The largest absolute Gasteiger partial charge is 0.338 e. The van der Waals surface area contributed by atoms with Gasteiger partial charge >= 0.3 is 6.03 Å². The Labute approximate surface area is 93.0 Å². The smallest absolute Gasteiger partial charge is 0.321 e. The minimum atomic E-state index is -0.476. The van der Waals surface area contributed by atoms with Crippen LogP contribution in [0, 0.1) is 10.1 Å². The van der Waals surface area contributed by atoms with Crippen LogP contribution >= 0.6 is 0 Å². The Morgan fingerprint density at radius 2 is 2.00 bits per heavy atom. The third-order valence-corrected chi connectivity index (χ3v) is 2.08. The molecule has 1 rings (SSSR count). The van der Waals surface area contributed by atoms with E-state index in [1.165, 1.54) is 29.2 Å². The summed E-state index contributed by atoms with van der Waals surface area (Å²) in [5, 5.41) is 13.1. The van der Waals surface area contributed by atoms with E-state index in [2.05, 4.69) is 5.32 Å². The molecule has 0 radical (unpaired) electrons. The van der Waals surface area contributed by atoms with Crippen LogP contribution in [-0.4, -0.2) is 24.5 Å². The molecular weight excluding hydrogens is 210 g/mol. The first-order chi connectivity index (χ1) is 7.56. The summed E-state index contributed by atoms with van der Waals surface area (Å²) in [6, 6.07) is 5.56. The van der Waals surface area contributed by atoms with Gasteiger partial charge in [0, 0.05) is 31.4 Å². The van der Waals surface area contributed by atoms with Crippen LogP contribution in [0.1, 0.15) is 6.92 Å². The van der Waals surface area contributed by atoms with Gasteiger partial charge in [-0.25, -0.2) is 4.79 Å². The Balaban J connectivity index is 2.81. The number of carbonyl (C=O) groups excluding carboxylic acids is 1. The first-order valence-electron chi connectivity index (χ1n) is 4.82. The van der Waals surface area contributed by atoms with Crippen LogP contribution in [0.25, 0.3) is 0 Å². The molecule has 0 heterocycles. The number of anilines is 1. The first kappa shape index (κ1) is 12.0. The molecule has 0 aliphatic rings.